The summed E-state index contributed by atoms with van der Waals surface area (Å²) in [6.07, 6.45) is 3.17. The second kappa shape index (κ2) is 11.2. The first-order valence-corrected chi connectivity index (χ1v) is 7.47. The summed E-state index contributed by atoms with van der Waals surface area (Å²) in [4.78, 5) is 2.45. The van der Waals surface area contributed by atoms with E-state index in [1.54, 1.807) is 7.11 Å². The standard InChI is InChI=1S/C15H31N3O/c1-6-15(7-2)18(10-11-19-5)9-8-14(12-16)17-13(3)4/h13-15,17H,6-11H2,1-5H3. The highest BCUT2D eigenvalue weighted by atomic mass is 16.5. The van der Waals surface area contributed by atoms with Crippen LogP contribution in [-0.2, 0) is 4.74 Å². The van der Waals surface area contributed by atoms with Crippen LogP contribution in [0.3, 0.4) is 0 Å². The van der Waals surface area contributed by atoms with E-state index in [4.69, 9.17) is 10.00 Å². The van der Waals surface area contributed by atoms with Gasteiger partial charge in [-0.05, 0) is 33.1 Å². The summed E-state index contributed by atoms with van der Waals surface area (Å²) in [6.45, 7) is 11.3. The molecule has 0 rings (SSSR count). The molecule has 0 radical (unpaired) electrons. The molecule has 0 fully saturated rings. The van der Waals surface area contributed by atoms with Gasteiger partial charge in [-0.2, -0.15) is 5.26 Å². The smallest absolute Gasteiger partial charge is 0.0967 e. The summed E-state index contributed by atoms with van der Waals surface area (Å²) in [6, 6.07) is 3.24. The predicted octanol–water partition coefficient (Wildman–Crippen LogP) is 2.40. The minimum atomic E-state index is -0.0561. The van der Waals surface area contributed by atoms with Crippen LogP contribution in [0.1, 0.15) is 47.0 Å². The summed E-state index contributed by atoms with van der Waals surface area (Å²) < 4.78 is 5.19. The summed E-state index contributed by atoms with van der Waals surface area (Å²) in [7, 11) is 1.74. The Morgan fingerprint density at radius 2 is 1.84 bits per heavy atom. The Labute approximate surface area is 119 Å². The van der Waals surface area contributed by atoms with E-state index in [2.05, 4.69) is 44.0 Å². The monoisotopic (exact) mass is 269 g/mol. The predicted molar refractivity (Wildman–Crippen MR) is 80.1 cm³/mol. The van der Waals surface area contributed by atoms with Gasteiger partial charge in [0.2, 0.25) is 0 Å². The highest BCUT2D eigenvalue weighted by Crippen LogP contribution is 2.10. The Hall–Kier alpha value is -0.630. The summed E-state index contributed by atoms with van der Waals surface area (Å²) in [5.41, 5.74) is 0. The fourth-order valence-electron chi connectivity index (χ4n) is 2.37. The molecular weight excluding hydrogens is 238 g/mol. The van der Waals surface area contributed by atoms with Crippen molar-refractivity contribution >= 4 is 0 Å². The van der Waals surface area contributed by atoms with Crippen LogP contribution >= 0.6 is 0 Å². The van der Waals surface area contributed by atoms with Gasteiger partial charge in [-0.25, -0.2) is 0 Å². The molecule has 0 saturated carbocycles. The lowest BCUT2D eigenvalue weighted by Gasteiger charge is -2.31. The zero-order chi connectivity index (χ0) is 14.7. The number of hydrogen-bond acceptors (Lipinski definition) is 4. The number of hydrogen-bond donors (Lipinski definition) is 1. The van der Waals surface area contributed by atoms with Gasteiger partial charge in [-0.15, -0.1) is 0 Å². The Morgan fingerprint density at radius 1 is 1.21 bits per heavy atom. The first-order valence-electron chi connectivity index (χ1n) is 7.47. The number of nitrogens with one attached hydrogen (secondary N) is 1. The van der Waals surface area contributed by atoms with Gasteiger partial charge >= 0.3 is 0 Å². The van der Waals surface area contributed by atoms with Crippen LogP contribution in [0.4, 0.5) is 0 Å². The van der Waals surface area contributed by atoms with Gasteiger partial charge in [-0.1, -0.05) is 13.8 Å². The summed E-state index contributed by atoms with van der Waals surface area (Å²) in [5.74, 6) is 0. The molecular formula is C15H31N3O. The third-order valence-corrected chi connectivity index (χ3v) is 3.44. The van der Waals surface area contributed by atoms with E-state index >= 15 is 0 Å². The maximum absolute atomic E-state index is 9.16. The van der Waals surface area contributed by atoms with Gasteiger partial charge in [0.1, 0.15) is 0 Å². The molecule has 0 bridgehead atoms. The van der Waals surface area contributed by atoms with Crippen molar-refractivity contribution < 1.29 is 4.74 Å². The molecule has 1 unspecified atom stereocenters. The highest BCUT2D eigenvalue weighted by molar-refractivity contribution is 4.91. The molecule has 1 N–H and O–H groups in total. The largest absolute Gasteiger partial charge is 0.383 e. The van der Waals surface area contributed by atoms with Gasteiger partial charge < -0.3 is 4.74 Å². The number of rotatable bonds is 11. The molecule has 0 aromatic carbocycles. The molecule has 0 aliphatic carbocycles. The first-order chi connectivity index (χ1) is 9.08. The highest BCUT2D eigenvalue weighted by Gasteiger charge is 2.17. The van der Waals surface area contributed by atoms with Gasteiger partial charge in [0.15, 0.2) is 0 Å². The average Bonchev–Trinajstić information content (AvgIpc) is 2.40. The minimum Gasteiger partial charge on any atom is -0.383 e. The Kier molecular flexibility index (Phi) is 10.8. The van der Waals surface area contributed by atoms with Gasteiger partial charge in [-0.3, -0.25) is 10.2 Å². The maximum Gasteiger partial charge on any atom is 0.0967 e. The average molecular weight is 269 g/mol. The van der Waals surface area contributed by atoms with Crippen LogP contribution in [0.2, 0.25) is 0 Å². The van der Waals surface area contributed by atoms with Crippen LogP contribution in [0.15, 0.2) is 0 Å². The second-order valence-electron chi connectivity index (χ2n) is 5.29. The zero-order valence-corrected chi connectivity index (χ0v) is 13.3. The minimum absolute atomic E-state index is 0.0561. The van der Waals surface area contributed by atoms with Crippen molar-refractivity contribution in [3.05, 3.63) is 0 Å². The fourth-order valence-corrected chi connectivity index (χ4v) is 2.37. The fraction of sp³-hybridized carbons (Fsp3) is 0.933. The molecule has 4 nitrogen and oxygen atoms in total. The molecule has 0 saturated heterocycles. The van der Waals surface area contributed by atoms with Crippen molar-refractivity contribution in [3.8, 4) is 6.07 Å². The Balaban J connectivity index is 4.33. The van der Waals surface area contributed by atoms with Crippen molar-refractivity contribution in [2.45, 2.75) is 65.1 Å². The molecule has 0 aromatic heterocycles. The van der Waals surface area contributed by atoms with E-state index in [0.717, 1.165) is 39.0 Å². The third-order valence-electron chi connectivity index (χ3n) is 3.44. The number of nitrogens with zero attached hydrogens (tertiary/aromatic N) is 2. The van der Waals surface area contributed by atoms with Gasteiger partial charge in [0, 0.05) is 32.3 Å². The van der Waals surface area contributed by atoms with E-state index in [-0.39, 0.29) is 6.04 Å². The second-order valence-corrected chi connectivity index (χ2v) is 5.29. The number of methoxy groups -OCH3 is 1. The lowest BCUT2D eigenvalue weighted by Crippen LogP contribution is -2.41. The van der Waals surface area contributed by atoms with Crippen molar-refractivity contribution in [2.75, 3.05) is 26.8 Å². The van der Waals surface area contributed by atoms with Crippen LogP contribution in [-0.4, -0.2) is 49.8 Å². The van der Waals surface area contributed by atoms with E-state index < -0.39 is 0 Å². The molecule has 0 aliphatic heterocycles. The van der Waals surface area contributed by atoms with E-state index in [0.29, 0.717) is 12.1 Å². The Bertz CT molecular complexity index is 246. The summed E-state index contributed by atoms with van der Waals surface area (Å²) >= 11 is 0. The van der Waals surface area contributed by atoms with Crippen LogP contribution in [0.5, 0.6) is 0 Å². The number of ether oxygens (including phenoxy) is 1. The van der Waals surface area contributed by atoms with E-state index in [1.807, 2.05) is 0 Å². The zero-order valence-electron chi connectivity index (χ0n) is 13.3. The number of nitriles is 1. The lowest BCUT2D eigenvalue weighted by atomic mass is 10.1. The van der Waals surface area contributed by atoms with Crippen LogP contribution in [0, 0.1) is 11.3 Å². The van der Waals surface area contributed by atoms with Crippen molar-refractivity contribution in [2.24, 2.45) is 0 Å². The molecule has 0 spiro atoms. The molecule has 112 valence electrons. The third kappa shape index (κ3) is 8.20. The molecule has 0 aromatic rings. The van der Waals surface area contributed by atoms with Crippen LogP contribution < -0.4 is 5.32 Å². The van der Waals surface area contributed by atoms with E-state index in [9.17, 15) is 0 Å². The van der Waals surface area contributed by atoms with Gasteiger partial charge in [0.25, 0.3) is 0 Å². The van der Waals surface area contributed by atoms with Crippen molar-refractivity contribution in [3.63, 3.8) is 0 Å². The SMILES string of the molecule is CCC(CC)N(CCOC)CCC(C#N)NC(C)C. The Morgan fingerprint density at radius 3 is 2.26 bits per heavy atom. The molecule has 0 amide bonds. The van der Waals surface area contributed by atoms with Gasteiger partial charge in [0.05, 0.1) is 18.7 Å². The molecule has 4 heteroatoms. The normalized spacial score (nSPS) is 13.2. The first kappa shape index (κ1) is 18.4. The molecule has 19 heavy (non-hydrogen) atoms. The maximum atomic E-state index is 9.16. The van der Waals surface area contributed by atoms with Crippen molar-refractivity contribution in [1.82, 2.24) is 10.2 Å². The summed E-state index contributed by atoms with van der Waals surface area (Å²) in [5, 5.41) is 12.5. The van der Waals surface area contributed by atoms with E-state index in [1.165, 1.54) is 0 Å². The topological polar surface area (TPSA) is 48.3 Å². The van der Waals surface area contributed by atoms with Crippen molar-refractivity contribution in [1.29, 1.82) is 5.26 Å². The molecule has 0 aliphatic rings. The van der Waals surface area contributed by atoms with Crippen LogP contribution in [0.25, 0.3) is 0 Å². The molecule has 1 atom stereocenters. The lowest BCUT2D eigenvalue weighted by molar-refractivity contribution is 0.112. The molecule has 0 heterocycles. The quantitative estimate of drug-likeness (QED) is 0.626.